The standard InChI is InChI=1S/C9H12BrF2N3O2/c1-17-3-2-15-9(16)8(10)6(4-14-15)13-5-7(11)12/h4,7,13H,2-3,5H2,1H3. The first-order chi connectivity index (χ1) is 8.06. The molecule has 8 heteroatoms. The predicted octanol–water partition coefficient (Wildman–Crippen LogP) is 1.33. The quantitative estimate of drug-likeness (QED) is 0.861. The van der Waals surface area contributed by atoms with Crippen molar-refractivity contribution in [1.29, 1.82) is 0 Å². The van der Waals surface area contributed by atoms with E-state index in [0.29, 0.717) is 13.2 Å². The molecule has 5 nitrogen and oxygen atoms in total. The van der Waals surface area contributed by atoms with Crippen molar-refractivity contribution in [2.45, 2.75) is 13.0 Å². The van der Waals surface area contributed by atoms with Crippen LogP contribution in [0.1, 0.15) is 0 Å². The second-order valence-corrected chi connectivity index (χ2v) is 3.96. The zero-order valence-electron chi connectivity index (χ0n) is 9.12. The van der Waals surface area contributed by atoms with Crippen LogP contribution >= 0.6 is 15.9 Å². The van der Waals surface area contributed by atoms with E-state index in [4.69, 9.17) is 4.74 Å². The third kappa shape index (κ3) is 4.04. The summed E-state index contributed by atoms with van der Waals surface area (Å²) in [5, 5.41) is 6.27. The highest BCUT2D eigenvalue weighted by Crippen LogP contribution is 2.16. The van der Waals surface area contributed by atoms with Gasteiger partial charge in [0.05, 0.1) is 31.6 Å². The summed E-state index contributed by atoms with van der Waals surface area (Å²) in [6.45, 7) is 0.133. The van der Waals surface area contributed by atoms with Crippen LogP contribution in [0.4, 0.5) is 14.5 Å². The van der Waals surface area contributed by atoms with Gasteiger partial charge in [0.25, 0.3) is 12.0 Å². The molecule has 0 amide bonds. The van der Waals surface area contributed by atoms with E-state index < -0.39 is 13.0 Å². The topological polar surface area (TPSA) is 56.1 Å². The zero-order valence-corrected chi connectivity index (χ0v) is 10.7. The largest absolute Gasteiger partial charge is 0.383 e. The number of hydrogen-bond donors (Lipinski definition) is 1. The van der Waals surface area contributed by atoms with Gasteiger partial charge in [0.1, 0.15) is 4.47 Å². The molecule has 0 bridgehead atoms. The molecule has 0 fully saturated rings. The van der Waals surface area contributed by atoms with Crippen molar-refractivity contribution in [2.24, 2.45) is 0 Å². The molecular weight excluding hydrogens is 300 g/mol. The predicted molar refractivity (Wildman–Crippen MR) is 62.6 cm³/mol. The summed E-state index contributed by atoms with van der Waals surface area (Å²) in [4.78, 5) is 11.7. The van der Waals surface area contributed by atoms with Gasteiger partial charge < -0.3 is 10.1 Å². The van der Waals surface area contributed by atoms with Gasteiger partial charge in [-0.2, -0.15) is 5.10 Å². The van der Waals surface area contributed by atoms with Gasteiger partial charge in [-0.3, -0.25) is 4.79 Å². The second kappa shape index (κ2) is 6.65. The molecule has 1 rings (SSSR count). The lowest BCUT2D eigenvalue weighted by Gasteiger charge is -2.09. The van der Waals surface area contributed by atoms with E-state index in [1.165, 1.54) is 18.0 Å². The Morgan fingerprint density at radius 2 is 2.35 bits per heavy atom. The summed E-state index contributed by atoms with van der Waals surface area (Å²) in [5.74, 6) is 0. The minimum Gasteiger partial charge on any atom is -0.383 e. The highest BCUT2D eigenvalue weighted by Gasteiger charge is 2.10. The van der Waals surface area contributed by atoms with E-state index in [2.05, 4.69) is 26.3 Å². The van der Waals surface area contributed by atoms with Crippen molar-refractivity contribution in [3.63, 3.8) is 0 Å². The van der Waals surface area contributed by atoms with Gasteiger partial charge in [0, 0.05) is 7.11 Å². The average Bonchev–Trinajstić information content (AvgIpc) is 2.29. The first kappa shape index (κ1) is 14.0. The summed E-state index contributed by atoms with van der Waals surface area (Å²) in [6.07, 6.45) is -1.17. The van der Waals surface area contributed by atoms with E-state index in [9.17, 15) is 13.6 Å². The minimum absolute atomic E-state index is 0.184. The molecule has 1 aromatic rings. The monoisotopic (exact) mass is 311 g/mol. The van der Waals surface area contributed by atoms with Crippen molar-refractivity contribution in [1.82, 2.24) is 9.78 Å². The summed E-state index contributed by atoms with van der Waals surface area (Å²) in [5.41, 5.74) is -0.134. The Kier molecular flexibility index (Phi) is 5.49. The average molecular weight is 312 g/mol. The van der Waals surface area contributed by atoms with Crippen molar-refractivity contribution in [3.05, 3.63) is 21.0 Å². The Morgan fingerprint density at radius 1 is 1.65 bits per heavy atom. The van der Waals surface area contributed by atoms with Gasteiger partial charge in [-0.05, 0) is 15.9 Å². The van der Waals surface area contributed by atoms with Crippen molar-refractivity contribution >= 4 is 21.6 Å². The van der Waals surface area contributed by atoms with Gasteiger partial charge in [-0.1, -0.05) is 0 Å². The maximum atomic E-state index is 12.0. The maximum Gasteiger partial charge on any atom is 0.283 e. The Hall–Kier alpha value is -1.02. The third-order valence-electron chi connectivity index (χ3n) is 1.94. The Bertz CT molecular complexity index is 425. The number of nitrogens with one attached hydrogen (secondary N) is 1. The normalized spacial score (nSPS) is 10.9. The number of methoxy groups -OCH3 is 1. The van der Waals surface area contributed by atoms with Gasteiger partial charge in [-0.25, -0.2) is 13.5 Å². The molecule has 0 saturated carbocycles. The zero-order chi connectivity index (χ0) is 12.8. The summed E-state index contributed by atoms with van der Waals surface area (Å²) >= 11 is 3.05. The fourth-order valence-corrected chi connectivity index (χ4v) is 1.56. The number of anilines is 1. The van der Waals surface area contributed by atoms with Crippen molar-refractivity contribution in [3.8, 4) is 0 Å². The number of alkyl halides is 2. The van der Waals surface area contributed by atoms with Gasteiger partial charge in [0.15, 0.2) is 0 Å². The highest BCUT2D eigenvalue weighted by molar-refractivity contribution is 9.10. The smallest absolute Gasteiger partial charge is 0.283 e. The first-order valence-electron chi connectivity index (χ1n) is 4.82. The summed E-state index contributed by atoms with van der Waals surface area (Å²) in [6, 6.07) is 0. The molecule has 0 saturated heterocycles. The van der Waals surface area contributed by atoms with Crippen LogP contribution in [0.15, 0.2) is 15.5 Å². The van der Waals surface area contributed by atoms with Crippen molar-refractivity contribution < 1.29 is 13.5 Å². The van der Waals surface area contributed by atoms with E-state index in [0.717, 1.165) is 0 Å². The van der Waals surface area contributed by atoms with Crippen LogP contribution in [0, 0.1) is 0 Å². The van der Waals surface area contributed by atoms with E-state index in [-0.39, 0.29) is 15.7 Å². The number of hydrogen-bond acceptors (Lipinski definition) is 4. The van der Waals surface area contributed by atoms with Crippen LogP contribution < -0.4 is 10.9 Å². The summed E-state index contributed by atoms with van der Waals surface area (Å²) < 4.78 is 30.2. The van der Waals surface area contributed by atoms with E-state index in [1.54, 1.807) is 0 Å². The van der Waals surface area contributed by atoms with Crippen molar-refractivity contribution in [2.75, 3.05) is 25.6 Å². The maximum absolute atomic E-state index is 12.0. The Balaban J connectivity index is 2.83. The Morgan fingerprint density at radius 3 is 2.94 bits per heavy atom. The molecule has 0 aliphatic rings. The molecule has 0 spiro atoms. The fraction of sp³-hybridized carbons (Fsp3) is 0.556. The lowest BCUT2D eigenvalue weighted by Crippen LogP contribution is -2.26. The number of ether oxygens (including phenoxy) is 1. The molecular formula is C9H12BrF2N3O2. The van der Waals surface area contributed by atoms with Gasteiger partial charge in [0.2, 0.25) is 0 Å². The molecule has 0 radical (unpaired) electrons. The van der Waals surface area contributed by atoms with Crippen LogP contribution in [0.2, 0.25) is 0 Å². The van der Waals surface area contributed by atoms with Crippen LogP contribution in [0.25, 0.3) is 0 Å². The number of halogens is 3. The SMILES string of the molecule is COCCn1ncc(NCC(F)F)c(Br)c1=O. The lowest BCUT2D eigenvalue weighted by atomic mass is 10.4. The molecule has 0 aromatic carbocycles. The minimum atomic E-state index is -2.49. The molecule has 17 heavy (non-hydrogen) atoms. The van der Waals surface area contributed by atoms with Gasteiger partial charge in [-0.15, -0.1) is 0 Å². The van der Waals surface area contributed by atoms with Gasteiger partial charge >= 0.3 is 0 Å². The molecule has 0 atom stereocenters. The molecule has 0 aliphatic carbocycles. The molecule has 96 valence electrons. The van der Waals surface area contributed by atoms with Crippen LogP contribution in [-0.4, -0.2) is 36.5 Å². The van der Waals surface area contributed by atoms with E-state index in [1.807, 2.05) is 0 Å². The Labute approximate surface area is 105 Å². The second-order valence-electron chi connectivity index (χ2n) is 3.17. The van der Waals surface area contributed by atoms with Crippen LogP contribution in [0.3, 0.4) is 0 Å². The molecule has 1 N–H and O–H groups in total. The highest BCUT2D eigenvalue weighted by atomic mass is 79.9. The lowest BCUT2D eigenvalue weighted by molar-refractivity contribution is 0.163. The van der Waals surface area contributed by atoms with Crippen LogP contribution in [0.5, 0.6) is 0 Å². The molecule has 1 aromatic heterocycles. The number of aromatic nitrogens is 2. The number of rotatable bonds is 6. The molecule has 1 heterocycles. The number of nitrogens with zero attached hydrogens (tertiary/aromatic N) is 2. The van der Waals surface area contributed by atoms with E-state index >= 15 is 0 Å². The fourth-order valence-electron chi connectivity index (χ4n) is 1.11. The third-order valence-corrected chi connectivity index (χ3v) is 2.71. The van der Waals surface area contributed by atoms with Crippen LogP contribution in [-0.2, 0) is 11.3 Å². The molecule has 0 aliphatic heterocycles. The molecule has 0 unspecified atom stereocenters. The summed E-state index contributed by atoms with van der Waals surface area (Å²) in [7, 11) is 1.51. The first-order valence-corrected chi connectivity index (χ1v) is 5.62.